The van der Waals surface area contributed by atoms with E-state index in [0.29, 0.717) is 6.54 Å². The van der Waals surface area contributed by atoms with E-state index in [2.05, 4.69) is 23.8 Å². The molecule has 130 valence electrons. The van der Waals surface area contributed by atoms with Gasteiger partial charge in [0.15, 0.2) is 0 Å². The Hall–Kier alpha value is -1.74. The molecular formula is C20H27ClN2O. The van der Waals surface area contributed by atoms with Crippen molar-refractivity contribution in [3.8, 4) is 0 Å². The Morgan fingerprint density at radius 2 is 1.96 bits per heavy atom. The number of carbonyl (C=O) groups excluding carboxylic acids is 1. The van der Waals surface area contributed by atoms with Crippen LogP contribution < -0.4 is 0 Å². The van der Waals surface area contributed by atoms with E-state index in [1.165, 1.54) is 0 Å². The van der Waals surface area contributed by atoms with Gasteiger partial charge in [-0.2, -0.15) is 0 Å². The summed E-state index contributed by atoms with van der Waals surface area (Å²) in [6, 6.07) is 12.0. The van der Waals surface area contributed by atoms with Gasteiger partial charge < -0.3 is 9.47 Å². The zero-order chi connectivity index (χ0) is 17.5. The first kappa shape index (κ1) is 18.6. The average molecular weight is 347 g/mol. The number of hydrogen-bond acceptors (Lipinski definition) is 1. The number of carbonyl (C=O) groups is 1. The van der Waals surface area contributed by atoms with Crippen LogP contribution in [0, 0.1) is 5.92 Å². The minimum absolute atomic E-state index is 0.0221. The molecule has 1 aromatic heterocycles. The summed E-state index contributed by atoms with van der Waals surface area (Å²) in [5.74, 6) is 0.239. The summed E-state index contributed by atoms with van der Waals surface area (Å²) in [7, 11) is 0. The molecule has 24 heavy (non-hydrogen) atoms. The van der Waals surface area contributed by atoms with Crippen molar-refractivity contribution in [1.29, 1.82) is 0 Å². The maximum atomic E-state index is 12.5. The average Bonchev–Trinajstić information content (AvgIpc) is 2.99. The molecule has 1 aromatic carbocycles. The Balaban J connectivity index is 2.15. The minimum Gasteiger partial charge on any atom is -0.345 e. The number of hydrogen-bond donors (Lipinski definition) is 0. The molecule has 0 saturated carbocycles. The van der Waals surface area contributed by atoms with E-state index in [-0.39, 0.29) is 11.8 Å². The molecule has 1 heterocycles. The van der Waals surface area contributed by atoms with Crippen LogP contribution in [0.1, 0.15) is 44.9 Å². The van der Waals surface area contributed by atoms with Gasteiger partial charge in [-0.25, -0.2) is 0 Å². The van der Waals surface area contributed by atoms with Crippen LogP contribution in [0.25, 0.3) is 0 Å². The van der Waals surface area contributed by atoms with Gasteiger partial charge in [0.1, 0.15) is 0 Å². The number of unbranched alkanes of at least 4 members (excludes halogenated alkanes) is 1. The Morgan fingerprint density at radius 3 is 2.62 bits per heavy atom. The maximum Gasteiger partial charge on any atom is 0.225 e. The van der Waals surface area contributed by atoms with E-state index < -0.39 is 0 Å². The monoisotopic (exact) mass is 346 g/mol. The highest BCUT2D eigenvalue weighted by atomic mass is 35.5. The molecule has 0 unspecified atom stereocenters. The lowest BCUT2D eigenvalue weighted by atomic mass is 10.1. The van der Waals surface area contributed by atoms with Gasteiger partial charge in [-0.1, -0.05) is 57.0 Å². The van der Waals surface area contributed by atoms with Crippen molar-refractivity contribution in [3.63, 3.8) is 0 Å². The zero-order valence-corrected chi connectivity index (χ0v) is 15.6. The molecule has 3 nitrogen and oxygen atoms in total. The van der Waals surface area contributed by atoms with Crippen LogP contribution in [0.2, 0.25) is 5.02 Å². The summed E-state index contributed by atoms with van der Waals surface area (Å²) >= 11 is 6.28. The number of nitrogens with zero attached hydrogens (tertiary/aromatic N) is 2. The van der Waals surface area contributed by atoms with Crippen LogP contribution in [-0.4, -0.2) is 21.9 Å². The Labute approximate surface area is 150 Å². The number of amides is 1. The fourth-order valence-electron chi connectivity index (χ4n) is 2.73. The highest BCUT2D eigenvalue weighted by molar-refractivity contribution is 6.31. The first-order valence-corrected chi connectivity index (χ1v) is 9.07. The van der Waals surface area contributed by atoms with E-state index in [1.807, 2.05) is 49.1 Å². The molecule has 0 aliphatic carbocycles. The van der Waals surface area contributed by atoms with Crippen molar-refractivity contribution in [2.45, 2.75) is 46.7 Å². The lowest BCUT2D eigenvalue weighted by Gasteiger charge is -2.25. The molecule has 0 aliphatic heterocycles. The minimum atomic E-state index is 0.0221. The van der Waals surface area contributed by atoms with Gasteiger partial charge in [0.25, 0.3) is 0 Å². The van der Waals surface area contributed by atoms with Crippen LogP contribution in [0.4, 0.5) is 0 Å². The quantitative estimate of drug-likeness (QED) is 0.662. The summed E-state index contributed by atoms with van der Waals surface area (Å²) in [5, 5.41) is 0.776. The van der Waals surface area contributed by atoms with Crippen LogP contribution in [0.5, 0.6) is 0 Å². The Kier molecular flexibility index (Phi) is 6.92. The second-order valence-corrected chi connectivity index (χ2v) is 6.89. The number of benzene rings is 1. The second-order valence-electron chi connectivity index (χ2n) is 6.49. The van der Waals surface area contributed by atoms with E-state index in [0.717, 1.165) is 42.2 Å². The van der Waals surface area contributed by atoms with Gasteiger partial charge >= 0.3 is 0 Å². The van der Waals surface area contributed by atoms with Crippen molar-refractivity contribution >= 4 is 17.5 Å². The smallest absolute Gasteiger partial charge is 0.225 e. The van der Waals surface area contributed by atoms with Gasteiger partial charge in [0.05, 0.1) is 6.54 Å². The first-order chi connectivity index (χ1) is 11.5. The molecule has 0 N–H and O–H groups in total. The standard InChI is InChI=1S/C20H27ClN2O/c1-4-5-12-23(20(24)16(2)3)15-18-10-8-13-22(18)14-17-9-6-7-11-19(17)21/h6-11,13,16H,4-5,12,14-15H2,1-3H3. The van der Waals surface area contributed by atoms with Gasteiger partial charge in [-0.3, -0.25) is 4.79 Å². The van der Waals surface area contributed by atoms with Crippen molar-refractivity contribution in [3.05, 3.63) is 58.9 Å². The van der Waals surface area contributed by atoms with E-state index >= 15 is 0 Å². The number of rotatable bonds is 8. The molecule has 0 fully saturated rings. The zero-order valence-electron chi connectivity index (χ0n) is 14.8. The molecule has 4 heteroatoms. The largest absolute Gasteiger partial charge is 0.345 e. The molecule has 0 spiro atoms. The van der Waals surface area contributed by atoms with Crippen molar-refractivity contribution in [1.82, 2.24) is 9.47 Å². The number of aromatic nitrogens is 1. The highest BCUT2D eigenvalue weighted by Crippen LogP contribution is 2.18. The van der Waals surface area contributed by atoms with Gasteiger partial charge in [-0.05, 0) is 30.2 Å². The fraction of sp³-hybridized carbons (Fsp3) is 0.450. The normalized spacial score (nSPS) is 11.0. The van der Waals surface area contributed by atoms with Crippen molar-refractivity contribution in [2.75, 3.05) is 6.54 Å². The summed E-state index contributed by atoms with van der Waals surface area (Å²) < 4.78 is 2.17. The number of halogens is 1. The Bertz CT molecular complexity index is 663. The van der Waals surface area contributed by atoms with Crippen molar-refractivity contribution < 1.29 is 4.79 Å². The molecule has 0 atom stereocenters. The summed E-state index contributed by atoms with van der Waals surface area (Å²) in [5.41, 5.74) is 2.23. The highest BCUT2D eigenvalue weighted by Gasteiger charge is 2.18. The van der Waals surface area contributed by atoms with Crippen LogP contribution in [0.15, 0.2) is 42.6 Å². The predicted molar refractivity (Wildman–Crippen MR) is 100 cm³/mol. The molecule has 0 aliphatic rings. The molecule has 2 aromatic rings. The van der Waals surface area contributed by atoms with E-state index in [1.54, 1.807) is 0 Å². The molecule has 2 rings (SSSR count). The van der Waals surface area contributed by atoms with Gasteiger partial charge in [-0.15, -0.1) is 0 Å². The van der Waals surface area contributed by atoms with Crippen LogP contribution in [-0.2, 0) is 17.9 Å². The maximum absolute atomic E-state index is 12.5. The first-order valence-electron chi connectivity index (χ1n) is 8.69. The SMILES string of the molecule is CCCCN(Cc1cccn1Cc1ccccc1Cl)C(=O)C(C)C. The summed E-state index contributed by atoms with van der Waals surface area (Å²) in [6.45, 7) is 8.25. The Morgan fingerprint density at radius 1 is 1.21 bits per heavy atom. The van der Waals surface area contributed by atoms with Crippen LogP contribution >= 0.6 is 11.6 Å². The van der Waals surface area contributed by atoms with Crippen LogP contribution in [0.3, 0.4) is 0 Å². The second kappa shape index (κ2) is 8.93. The van der Waals surface area contributed by atoms with E-state index in [9.17, 15) is 4.79 Å². The van der Waals surface area contributed by atoms with E-state index in [4.69, 9.17) is 11.6 Å². The summed E-state index contributed by atoms with van der Waals surface area (Å²) in [6.07, 6.45) is 4.17. The third kappa shape index (κ3) is 4.88. The fourth-order valence-corrected chi connectivity index (χ4v) is 2.93. The molecule has 1 amide bonds. The van der Waals surface area contributed by atoms with Gasteiger partial charge in [0.2, 0.25) is 5.91 Å². The molecule has 0 bridgehead atoms. The predicted octanol–water partition coefficient (Wildman–Crippen LogP) is 4.97. The lowest BCUT2D eigenvalue weighted by Crippen LogP contribution is -2.35. The topological polar surface area (TPSA) is 25.2 Å². The third-order valence-corrected chi connectivity index (χ3v) is 4.53. The lowest BCUT2D eigenvalue weighted by molar-refractivity contribution is -0.135. The third-order valence-electron chi connectivity index (χ3n) is 4.16. The molecular weight excluding hydrogens is 320 g/mol. The van der Waals surface area contributed by atoms with Crippen molar-refractivity contribution in [2.24, 2.45) is 5.92 Å². The molecule has 0 saturated heterocycles. The summed E-state index contributed by atoms with van der Waals surface area (Å²) in [4.78, 5) is 14.5. The molecule has 0 radical (unpaired) electrons. The van der Waals surface area contributed by atoms with Gasteiger partial charge in [0, 0.05) is 35.9 Å².